The fourth-order valence-electron chi connectivity index (χ4n) is 3.44. The molecular formula is C23H24N4O4. The Balaban J connectivity index is 1.35. The van der Waals surface area contributed by atoms with E-state index in [4.69, 9.17) is 14.2 Å². The number of nitrogens with zero attached hydrogens (tertiary/aromatic N) is 4. The van der Waals surface area contributed by atoms with E-state index in [1.54, 1.807) is 38.5 Å². The molecule has 0 spiro atoms. The average molecular weight is 420 g/mol. The number of methoxy groups -OCH3 is 2. The Labute approximate surface area is 181 Å². The van der Waals surface area contributed by atoms with Crippen molar-refractivity contribution < 1.29 is 19.0 Å². The summed E-state index contributed by atoms with van der Waals surface area (Å²) in [6.07, 6.45) is 0. The number of piperazine rings is 1. The Hall–Kier alpha value is -3.81. The Bertz CT molecular complexity index is 1020. The standard InChI is InChI=1S/C23H24N4O4/c1-29-19-9-8-17(16-20(19)30-2)23(28)27-14-12-26(13-15-27)21-10-11-22(25-24-21)31-18-6-4-3-5-7-18/h3-11,16H,12-15H2,1-2H3. The van der Waals surface area contributed by atoms with E-state index in [0.717, 1.165) is 5.82 Å². The molecular weight excluding hydrogens is 396 g/mol. The number of para-hydroxylation sites is 1. The molecule has 1 saturated heterocycles. The summed E-state index contributed by atoms with van der Waals surface area (Å²) in [7, 11) is 3.13. The fourth-order valence-corrected chi connectivity index (χ4v) is 3.44. The zero-order valence-electron chi connectivity index (χ0n) is 17.5. The molecule has 1 aliphatic rings. The minimum Gasteiger partial charge on any atom is -0.493 e. The van der Waals surface area contributed by atoms with Gasteiger partial charge in [0.15, 0.2) is 17.3 Å². The molecule has 3 aromatic rings. The second-order valence-corrected chi connectivity index (χ2v) is 6.99. The lowest BCUT2D eigenvalue weighted by Crippen LogP contribution is -2.49. The van der Waals surface area contributed by atoms with Gasteiger partial charge in [0, 0.05) is 37.8 Å². The van der Waals surface area contributed by atoms with Gasteiger partial charge in [-0.3, -0.25) is 4.79 Å². The maximum atomic E-state index is 12.9. The molecule has 0 aliphatic carbocycles. The van der Waals surface area contributed by atoms with Crippen molar-refractivity contribution in [2.45, 2.75) is 0 Å². The number of anilines is 1. The van der Waals surface area contributed by atoms with Crippen LogP contribution in [0.4, 0.5) is 5.82 Å². The normalized spacial score (nSPS) is 13.6. The summed E-state index contributed by atoms with van der Waals surface area (Å²) in [6.45, 7) is 2.54. The van der Waals surface area contributed by atoms with E-state index in [1.807, 2.05) is 41.3 Å². The van der Waals surface area contributed by atoms with Crippen molar-refractivity contribution in [1.82, 2.24) is 15.1 Å². The van der Waals surface area contributed by atoms with Crippen LogP contribution in [-0.2, 0) is 0 Å². The predicted molar refractivity (Wildman–Crippen MR) is 116 cm³/mol. The van der Waals surface area contributed by atoms with Crippen LogP contribution >= 0.6 is 0 Å². The number of hydrogen-bond donors (Lipinski definition) is 0. The molecule has 0 unspecified atom stereocenters. The molecule has 1 fully saturated rings. The first kappa shape index (κ1) is 20.5. The van der Waals surface area contributed by atoms with E-state index in [1.165, 1.54) is 0 Å². The molecule has 0 saturated carbocycles. The maximum absolute atomic E-state index is 12.9. The molecule has 1 aliphatic heterocycles. The first-order valence-electron chi connectivity index (χ1n) is 10.0. The van der Waals surface area contributed by atoms with Crippen molar-refractivity contribution >= 4 is 11.7 Å². The first-order chi connectivity index (χ1) is 15.2. The SMILES string of the molecule is COc1ccc(C(=O)N2CCN(c3ccc(Oc4ccccc4)nn3)CC2)cc1OC. The van der Waals surface area contributed by atoms with Gasteiger partial charge in [-0.1, -0.05) is 18.2 Å². The van der Waals surface area contributed by atoms with Crippen molar-refractivity contribution in [2.75, 3.05) is 45.3 Å². The van der Waals surface area contributed by atoms with Gasteiger partial charge in [-0.2, -0.15) is 0 Å². The molecule has 1 amide bonds. The monoisotopic (exact) mass is 420 g/mol. The number of ether oxygens (including phenoxy) is 3. The fraction of sp³-hybridized carbons (Fsp3) is 0.261. The Morgan fingerprint density at radius 2 is 1.58 bits per heavy atom. The lowest BCUT2D eigenvalue weighted by Gasteiger charge is -2.35. The first-order valence-corrected chi connectivity index (χ1v) is 10.0. The Kier molecular flexibility index (Phi) is 6.16. The van der Waals surface area contributed by atoms with Gasteiger partial charge in [0.25, 0.3) is 5.91 Å². The highest BCUT2D eigenvalue weighted by molar-refractivity contribution is 5.95. The maximum Gasteiger partial charge on any atom is 0.254 e. The molecule has 0 N–H and O–H groups in total. The number of aromatic nitrogens is 2. The van der Waals surface area contributed by atoms with Crippen molar-refractivity contribution in [1.29, 1.82) is 0 Å². The van der Waals surface area contributed by atoms with Crippen LogP contribution in [0.5, 0.6) is 23.1 Å². The molecule has 4 rings (SSSR count). The highest BCUT2D eigenvalue weighted by Gasteiger charge is 2.24. The van der Waals surface area contributed by atoms with Crippen LogP contribution in [0.25, 0.3) is 0 Å². The molecule has 2 aromatic carbocycles. The lowest BCUT2D eigenvalue weighted by atomic mass is 10.1. The second kappa shape index (κ2) is 9.34. The van der Waals surface area contributed by atoms with Gasteiger partial charge in [-0.05, 0) is 36.4 Å². The predicted octanol–water partition coefficient (Wildman–Crippen LogP) is 3.25. The molecule has 31 heavy (non-hydrogen) atoms. The van der Waals surface area contributed by atoms with Crippen LogP contribution < -0.4 is 19.1 Å². The van der Waals surface area contributed by atoms with Crippen LogP contribution in [0.3, 0.4) is 0 Å². The van der Waals surface area contributed by atoms with Gasteiger partial charge >= 0.3 is 0 Å². The van der Waals surface area contributed by atoms with Crippen LogP contribution in [0.1, 0.15) is 10.4 Å². The van der Waals surface area contributed by atoms with Crippen LogP contribution in [0, 0.1) is 0 Å². The largest absolute Gasteiger partial charge is 0.493 e. The summed E-state index contributed by atoms with van der Waals surface area (Å²) >= 11 is 0. The van der Waals surface area contributed by atoms with E-state index in [0.29, 0.717) is 54.9 Å². The third-order valence-electron chi connectivity index (χ3n) is 5.11. The highest BCUT2D eigenvalue weighted by Crippen LogP contribution is 2.28. The highest BCUT2D eigenvalue weighted by atomic mass is 16.5. The van der Waals surface area contributed by atoms with Gasteiger partial charge in [0.1, 0.15) is 5.75 Å². The number of amides is 1. The zero-order valence-corrected chi connectivity index (χ0v) is 17.5. The molecule has 0 radical (unpaired) electrons. The topological polar surface area (TPSA) is 77.0 Å². The van der Waals surface area contributed by atoms with Gasteiger partial charge in [0.2, 0.25) is 5.88 Å². The Morgan fingerprint density at radius 1 is 0.839 bits per heavy atom. The summed E-state index contributed by atoms with van der Waals surface area (Å²) in [5, 5.41) is 8.45. The van der Waals surface area contributed by atoms with E-state index in [2.05, 4.69) is 15.1 Å². The van der Waals surface area contributed by atoms with Crippen molar-refractivity contribution in [2.24, 2.45) is 0 Å². The molecule has 1 aromatic heterocycles. The Morgan fingerprint density at radius 3 is 2.23 bits per heavy atom. The van der Waals surface area contributed by atoms with Gasteiger partial charge in [-0.15, -0.1) is 10.2 Å². The minimum absolute atomic E-state index is 0.0294. The van der Waals surface area contributed by atoms with Gasteiger partial charge in [0.05, 0.1) is 14.2 Å². The lowest BCUT2D eigenvalue weighted by molar-refractivity contribution is 0.0746. The molecule has 8 heteroatoms. The quantitative estimate of drug-likeness (QED) is 0.606. The molecule has 2 heterocycles. The van der Waals surface area contributed by atoms with Crippen molar-refractivity contribution in [3.05, 3.63) is 66.2 Å². The molecule has 8 nitrogen and oxygen atoms in total. The third kappa shape index (κ3) is 4.69. The van der Waals surface area contributed by atoms with Crippen LogP contribution in [-0.4, -0.2) is 61.4 Å². The van der Waals surface area contributed by atoms with E-state index >= 15 is 0 Å². The molecule has 0 bridgehead atoms. The average Bonchev–Trinajstić information content (AvgIpc) is 2.84. The van der Waals surface area contributed by atoms with E-state index in [9.17, 15) is 4.79 Å². The smallest absolute Gasteiger partial charge is 0.254 e. The minimum atomic E-state index is -0.0294. The number of benzene rings is 2. The molecule has 0 atom stereocenters. The summed E-state index contributed by atoms with van der Waals surface area (Å²) in [5.74, 6) is 3.03. The summed E-state index contributed by atoms with van der Waals surface area (Å²) in [4.78, 5) is 16.8. The molecule has 160 valence electrons. The van der Waals surface area contributed by atoms with Gasteiger partial charge < -0.3 is 24.0 Å². The number of carbonyl (C=O) groups excluding carboxylic acids is 1. The van der Waals surface area contributed by atoms with Crippen molar-refractivity contribution in [3.63, 3.8) is 0 Å². The number of rotatable bonds is 6. The van der Waals surface area contributed by atoms with Crippen molar-refractivity contribution in [3.8, 4) is 23.1 Å². The zero-order chi connectivity index (χ0) is 21.6. The summed E-state index contributed by atoms with van der Waals surface area (Å²) in [6, 6.07) is 18.4. The van der Waals surface area contributed by atoms with E-state index < -0.39 is 0 Å². The number of carbonyl (C=O) groups is 1. The van der Waals surface area contributed by atoms with Crippen LogP contribution in [0.2, 0.25) is 0 Å². The third-order valence-corrected chi connectivity index (χ3v) is 5.11. The second-order valence-electron chi connectivity index (χ2n) is 6.99. The van der Waals surface area contributed by atoms with E-state index in [-0.39, 0.29) is 5.91 Å². The number of hydrogen-bond acceptors (Lipinski definition) is 7. The summed E-state index contributed by atoms with van der Waals surface area (Å²) in [5.41, 5.74) is 0.577. The van der Waals surface area contributed by atoms with Gasteiger partial charge in [-0.25, -0.2) is 0 Å². The van der Waals surface area contributed by atoms with Crippen LogP contribution in [0.15, 0.2) is 60.7 Å². The summed E-state index contributed by atoms with van der Waals surface area (Å²) < 4.78 is 16.2.